The summed E-state index contributed by atoms with van der Waals surface area (Å²) < 4.78 is 10.4. The zero-order valence-corrected chi connectivity index (χ0v) is 16.4. The highest BCUT2D eigenvalue weighted by Crippen LogP contribution is 2.35. The summed E-state index contributed by atoms with van der Waals surface area (Å²) in [5.41, 5.74) is -0.964. The first-order valence-electron chi connectivity index (χ1n) is 8.95. The molecule has 29 heavy (non-hydrogen) atoms. The molecule has 2 aromatic rings. The van der Waals surface area contributed by atoms with Gasteiger partial charge >= 0.3 is 17.7 Å². The first kappa shape index (κ1) is 20.7. The first-order valence-corrected chi connectivity index (χ1v) is 9.47. The fraction of sp³-hybridized carbons (Fsp3) is 0.300. The smallest absolute Gasteiger partial charge is 0.416 e. The second-order valence-electron chi connectivity index (χ2n) is 6.64. The maximum Gasteiger partial charge on any atom is 0.416 e. The Labute approximate surface area is 173 Å². The number of carbonyl (C=O) groups excluding carboxylic acids is 2. The van der Waals surface area contributed by atoms with Crippen LogP contribution in [0.1, 0.15) is 17.5 Å². The van der Waals surface area contributed by atoms with Crippen LogP contribution >= 0.6 is 12.6 Å². The van der Waals surface area contributed by atoms with Crippen LogP contribution in [0, 0.1) is 10.1 Å². The third-order valence-electron chi connectivity index (χ3n) is 4.63. The summed E-state index contributed by atoms with van der Waals surface area (Å²) in [7, 11) is 0. The van der Waals surface area contributed by atoms with E-state index in [0.717, 1.165) is 10.5 Å². The van der Waals surface area contributed by atoms with Crippen molar-refractivity contribution in [3.63, 3.8) is 0 Å². The van der Waals surface area contributed by atoms with E-state index >= 15 is 0 Å². The van der Waals surface area contributed by atoms with Gasteiger partial charge in [-0.1, -0.05) is 60.7 Å². The standard InChI is InChI=1S/C20H20N2O6S/c23-18(27-13-15-7-3-1-4-8-15)20(22(25)26)11-17(29)12-21(20)19(24)28-14-16-9-5-2-6-10-16/h1-10,17,29H,11-14H2. The van der Waals surface area contributed by atoms with Crippen molar-refractivity contribution in [1.29, 1.82) is 0 Å². The predicted octanol–water partition coefficient (Wildman–Crippen LogP) is 3.04. The molecule has 152 valence electrons. The molecule has 9 heteroatoms. The summed E-state index contributed by atoms with van der Waals surface area (Å²) in [5.74, 6) is -1.11. The molecule has 1 heterocycles. The molecule has 2 atom stereocenters. The minimum absolute atomic E-state index is 0.0692. The highest BCUT2D eigenvalue weighted by Gasteiger charge is 2.65. The monoisotopic (exact) mass is 416 g/mol. The van der Waals surface area contributed by atoms with Gasteiger partial charge in [0, 0.05) is 11.8 Å². The van der Waals surface area contributed by atoms with Crippen LogP contribution in [0.25, 0.3) is 0 Å². The second-order valence-corrected chi connectivity index (χ2v) is 7.37. The number of rotatable bonds is 6. The van der Waals surface area contributed by atoms with Gasteiger partial charge in [0.05, 0.1) is 11.3 Å². The molecular formula is C20H20N2O6S. The van der Waals surface area contributed by atoms with Gasteiger partial charge in [-0.2, -0.15) is 12.6 Å². The molecule has 1 aliphatic heterocycles. The number of nitro groups is 1. The lowest BCUT2D eigenvalue weighted by atomic mass is 10.1. The quantitative estimate of drug-likeness (QED) is 0.336. The van der Waals surface area contributed by atoms with Crippen molar-refractivity contribution in [2.45, 2.75) is 30.5 Å². The molecule has 0 aliphatic carbocycles. The number of nitrogens with zero attached hydrogens (tertiary/aromatic N) is 2. The van der Waals surface area contributed by atoms with E-state index in [2.05, 4.69) is 12.6 Å². The number of thiol groups is 1. The number of likely N-dealkylation sites (tertiary alicyclic amines) is 1. The average molecular weight is 416 g/mol. The van der Waals surface area contributed by atoms with Gasteiger partial charge in [0.1, 0.15) is 13.2 Å². The van der Waals surface area contributed by atoms with Gasteiger partial charge in [-0.3, -0.25) is 10.1 Å². The molecule has 1 aliphatic rings. The molecule has 3 rings (SSSR count). The molecule has 0 N–H and O–H groups in total. The lowest BCUT2D eigenvalue weighted by Crippen LogP contribution is -2.59. The maximum atomic E-state index is 12.8. The zero-order chi connectivity index (χ0) is 20.9. The average Bonchev–Trinajstić information content (AvgIpc) is 3.10. The fourth-order valence-electron chi connectivity index (χ4n) is 3.17. The third kappa shape index (κ3) is 4.51. The van der Waals surface area contributed by atoms with E-state index < -0.39 is 27.9 Å². The third-order valence-corrected chi connectivity index (χ3v) is 4.97. The number of amides is 1. The fourth-order valence-corrected chi connectivity index (χ4v) is 3.59. The van der Waals surface area contributed by atoms with Gasteiger partial charge in [-0.25, -0.2) is 14.5 Å². The largest absolute Gasteiger partial charge is 0.454 e. The molecule has 0 radical (unpaired) electrons. The summed E-state index contributed by atoms with van der Waals surface area (Å²) in [6.45, 7) is -0.308. The maximum absolute atomic E-state index is 12.8. The predicted molar refractivity (Wildman–Crippen MR) is 107 cm³/mol. The van der Waals surface area contributed by atoms with Crippen molar-refractivity contribution < 1.29 is 24.0 Å². The van der Waals surface area contributed by atoms with Crippen LogP contribution < -0.4 is 0 Å². The summed E-state index contributed by atoms with van der Waals surface area (Å²) >= 11 is 4.26. The van der Waals surface area contributed by atoms with Crippen LogP contribution in [0.4, 0.5) is 4.79 Å². The van der Waals surface area contributed by atoms with Crippen LogP contribution in [0.5, 0.6) is 0 Å². The van der Waals surface area contributed by atoms with E-state index in [0.29, 0.717) is 5.56 Å². The van der Waals surface area contributed by atoms with Crippen molar-refractivity contribution in [3.05, 3.63) is 81.9 Å². The highest BCUT2D eigenvalue weighted by atomic mass is 32.1. The van der Waals surface area contributed by atoms with Crippen LogP contribution in [0.15, 0.2) is 60.7 Å². The van der Waals surface area contributed by atoms with Crippen LogP contribution in [-0.4, -0.2) is 39.3 Å². The Morgan fingerprint density at radius 1 is 1.03 bits per heavy atom. The van der Waals surface area contributed by atoms with Crippen molar-refractivity contribution in [2.24, 2.45) is 0 Å². The lowest BCUT2D eigenvalue weighted by molar-refractivity contribution is -0.576. The van der Waals surface area contributed by atoms with Crippen molar-refractivity contribution in [3.8, 4) is 0 Å². The molecule has 1 saturated heterocycles. The van der Waals surface area contributed by atoms with E-state index in [-0.39, 0.29) is 26.2 Å². The minimum Gasteiger partial charge on any atom is -0.454 e. The van der Waals surface area contributed by atoms with Gasteiger partial charge in [-0.15, -0.1) is 0 Å². The van der Waals surface area contributed by atoms with E-state index in [9.17, 15) is 19.7 Å². The lowest BCUT2D eigenvalue weighted by Gasteiger charge is -2.27. The van der Waals surface area contributed by atoms with E-state index in [1.165, 1.54) is 0 Å². The zero-order valence-electron chi connectivity index (χ0n) is 15.5. The Morgan fingerprint density at radius 2 is 1.55 bits per heavy atom. The van der Waals surface area contributed by atoms with Gasteiger partial charge < -0.3 is 9.47 Å². The van der Waals surface area contributed by atoms with Crippen LogP contribution in [0.3, 0.4) is 0 Å². The Bertz CT molecular complexity index is 879. The second kappa shape index (κ2) is 8.95. The van der Waals surface area contributed by atoms with Crippen LogP contribution in [-0.2, 0) is 27.5 Å². The number of hydrogen-bond donors (Lipinski definition) is 1. The van der Waals surface area contributed by atoms with Crippen molar-refractivity contribution in [1.82, 2.24) is 4.90 Å². The molecule has 2 unspecified atom stereocenters. The number of benzene rings is 2. The number of ether oxygens (including phenoxy) is 2. The van der Waals surface area contributed by atoms with Gasteiger partial charge in [0.25, 0.3) is 0 Å². The van der Waals surface area contributed by atoms with Crippen LogP contribution in [0.2, 0.25) is 0 Å². The van der Waals surface area contributed by atoms with E-state index in [1.807, 2.05) is 6.07 Å². The molecule has 2 aromatic carbocycles. The first-order chi connectivity index (χ1) is 13.9. The van der Waals surface area contributed by atoms with Gasteiger partial charge in [-0.05, 0) is 11.1 Å². The Morgan fingerprint density at radius 3 is 2.07 bits per heavy atom. The topological polar surface area (TPSA) is 99.0 Å². The Hall–Kier alpha value is -3.07. The van der Waals surface area contributed by atoms with Crippen molar-refractivity contribution >= 4 is 24.7 Å². The summed E-state index contributed by atoms with van der Waals surface area (Å²) in [5, 5.41) is 11.4. The summed E-state index contributed by atoms with van der Waals surface area (Å²) in [6, 6.07) is 17.7. The number of carbonyl (C=O) groups is 2. The number of esters is 1. The molecule has 1 amide bonds. The molecule has 0 aromatic heterocycles. The van der Waals surface area contributed by atoms with E-state index in [4.69, 9.17) is 9.47 Å². The van der Waals surface area contributed by atoms with Gasteiger partial charge in [0.15, 0.2) is 0 Å². The van der Waals surface area contributed by atoms with Gasteiger partial charge in [0.2, 0.25) is 0 Å². The molecular weight excluding hydrogens is 396 g/mol. The molecule has 0 saturated carbocycles. The number of hydrogen-bond acceptors (Lipinski definition) is 7. The highest BCUT2D eigenvalue weighted by molar-refractivity contribution is 7.81. The normalized spacial score (nSPS) is 20.9. The Kier molecular flexibility index (Phi) is 6.38. The van der Waals surface area contributed by atoms with Crippen molar-refractivity contribution in [2.75, 3.05) is 6.54 Å². The summed E-state index contributed by atoms with van der Waals surface area (Å²) in [4.78, 5) is 37.3. The Balaban J connectivity index is 1.75. The summed E-state index contributed by atoms with van der Waals surface area (Å²) in [6.07, 6.45) is -1.23. The molecule has 8 nitrogen and oxygen atoms in total. The minimum atomic E-state index is -2.37. The SMILES string of the molecule is O=C(OCc1ccccc1)N1CC(S)CC1(C(=O)OCc1ccccc1)[N+](=O)[O-]. The molecule has 0 bridgehead atoms. The van der Waals surface area contributed by atoms with E-state index in [1.54, 1.807) is 54.6 Å². The molecule has 0 spiro atoms. The molecule has 1 fully saturated rings.